The van der Waals surface area contributed by atoms with E-state index in [1.54, 1.807) is 24.4 Å². The molecule has 0 radical (unpaired) electrons. The second kappa shape index (κ2) is 4.71. The highest BCUT2D eigenvalue weighted by Gasteiger charge is 2.20. The molecule has 0 fully saturated rings. The van der Waals surface area contributed by atoms with Crippen LogP contribution in [0.5, 0.6) is 0 Å². The Morgan fingerprint density at radius 1 is 1.47 bits per heavy atom. The van der Waals surface area contributed by atoms with Crippen LogP contribution < -0.4 is 5.73 Å². The van der Waals surface area contributed by atoms with Gasteiger partial charge in [0.15, 0.2) is 5.69 Å². The Morgan fingerprint density at radius 2 is 2.29 bits per heavy atom. The van der Waals surface area contributed by atoms with Gasteiger partial charge >= 0.3 is 5.97 Å². The van der Waals surface area contributed by atoms with Crippen LogP contribution in [0.4, 0.5) is 0 Å². The molecule has 2 aromatic heterocycles. The monoisotopic (exact) mass is 233 g/mol. The van der Waals surface area contributed by atoms with Crippen LogP contribution in [0.2, 0.25) is 0 Å². The van der Waals surface area contributed by atoms with Gasteiger partial charge in [0.25, 0.3) is 0 Å². The minimum absolute atomic E-state index is 0.114. The van der Waals surface area contributed by atoms with Crippen LogP contribution in [0.1, 0.15) is 10.5 Å². The van der Waals surface area contributed by atoms with E-state index in [0.717, 1.165) is 0 Å². The molecule has 2 heterocycles. The summed E-state index contributed by atoms with van der Waals surface area (Å²) in [4.78, 5) is 15.1. The van der Waals surface area contributed by atoms with Crippen LogP contribution in [0, 0.1) is 0 Å². The van der Waals surface area contributed by atoms with Gasteiger partial charge in [-0.3, -0.25) is 4.98 Å². The molecule has 0 aliphatic carbocycles. The number of nitrogens with two attached hydrogens (primary N) is 1. The summed E-state index contributed by atoms with van der Waals surface area (Å²) in [7, 11) is 0. The van der Waals surface area contributed by atoms with E-state index < -0.39 is 5.97 Å². The quantitative estimate of drug-likeness (QED) is 0.769. The molecule has 0 saturated heterocycles. The molecule has 0 spiro atoms. The van der Waals surface area contributed by atoms with E-state index >= 15 is 0 Å². The van der Waals surface area contributed by atoms with E-state index in [1.807, 2.05) is 0 Å². The van der Waals surface area contributed by atoms with Crippen molar-refractivity contribution in [2.24, 2.45) is 5.73 Å². The lowest BCUT2D eigenvalue weighted by atomic mass is 10.2. The van der Waals surface area contributed by atoms with Crippen molar-refractivity contribution in [2.45, 2.75) is 6.54 Å². The summed E-state index contributed by atoms with van der Waals surface area (Å²) in [6.45, 7) is 0.744. The lowest BCUT2D eigenvalue weighted by molar-refractivity contribution is 0.0691. The summed E-state index contributed by atoms with van der Waals surface area (Å²) in [5.74, 6) is -1.13. The molecule has 17 heavy (non-hydrogen) atoms. The molecule has 0 aliphatic heterocycles. The van der Waals surface area contributed by atoms with E-state index in [4.69, 9.17) is 10.8 Å². The third-order valence-electron chi connectivity index (χ3n) is 2.19. The SMILES string of the molecule is NCCn1nnc(C(=O)O)c1-c1ccccn1. The maximum absolute atomic E-state index is 11.0. The van der Waals surface area contributed by atoms with Crippen molar-refractivity contribution in [1.29, 1.82) is 0 Å². The maximum atomic E-state index is 11.0. The number of carbonyl (C=O) groups is 1. The average Bonchev–Trinajstić information content (AvgIpc) is 2.74. The second-order valence-corrected chi connectivity index (χ2v) is 3.32. The topological polar surface area (TPSA) is 107 Å². The first-order chi connectivity index (χ1) is 8.24. The first-order valence-electron chi connectivity index (χ1n) is 5.02. The van der Waals surface area contributed by atoms with Gasteiger partial charge in [-0.05, 0) is 12.1 Å². The van der Waals surface area contributed by atoms with Crippen molar-refractivity contribution < 1.29 is 9.90 Å². The molecule has 0 aromatic carbocycles. The summed E-state index contributed by atoms with van der Waals surface area (Å²) in [6, 6.07) is 5.23. The van der Waals surface area contributed by atoms with Crippen LogP contribution in [0.25, 0.3) is 11.4 Å². The molecule has 7 nitrogen and oxygen atoms in total. The Balaban J connectivity index is 2.56. The van der Waals surface area contributed by atoms with Crippen LogP contribution in [0.3, 0.4) is 0 Å². The zero-order valence-corrected chi connectivity index (χ0v) is 8.95. The molecule has 0 saturated carbocycles. The highest BCUT2D eigenvalue weighted by molar-refractivity contribution is 5.92. The summed E-state index contributed by atoms with van der Waals surface area (Å²) >= 11 is 0. The van der Waals surface area contributed by atoms with Gasteiger partial charge in [0, 0.05) is 12.7 Å². The number of rotatable bonds is 4. The molecule has 0 aliphatic rings. The fourth-order valence-corrected chi connectivity index (χ4v) is 1.49. The van der Waals surface area contributed by atoms with Gasteiger partial charge in [-0.1, -0.05) is 11.3 Å². The van der Waals surface area contributed by atoms with Crippen molar-refractivity contribution in [1.82, 2.24) is 20.0 Å². The molecule has 3 N–H and O–H groups in total. The highest BCUT2D eigenvalue weighted by Crippen LogP contribution is 2.19. The number of hydrogen-bond donors (Lipinski definition) is 2. The van der Waals surface area contributed by atoms with Gasteiger partial charge in [0.1, 0.15) is 5.69 Å². The average molecular weight is 233 g/mol. The Kier molecular flexibility index (Phi) is 3.10. The van der Waals surface area contributed by atoms with E-state index in [1.165, 1.54) is 4.68 Å². The Morgan fingerprint density at radius 3 is 2.88 bits per heavy atom. The zero-order chi connectivity index (χ0) is 12.3. The first-order valence-corrected chi connectivity index (χ1v) is 5.02. The number of pyridine rings is 1. The van der Waals surface area contributed by atoms with Crippen molar-refractivity contribution in [3.63, 3.8) is 0 Å². The van der Waals surface area contributed by atoms with E-state index in [9.17, 15) is 4.79 Å². The summed E-state index contributed by atoms with van der Waals surface area (Å²) in [5, 5.41) is 16.4. The predicted octanol–water partition coefficient (Wildman–Crippen LogP) is -0.00300. The lowest BCUT2D eigenvalue weighted by Crippen LogP contribution is -2.13. The molecule has 0 unspecified atom stereocenters. The minimum Gasteiger partial charge on any atom is -0.476 e. The molecular formula is C10H11N5O2. The summed E-state index contributed by atoms with van der Waals surface area (Å²) < 4.78 is 1.45. The van der Waals surface area contributed by atoms with E-state index in [-0.39, 0.29) is 5.69 Å². The van der Waals surface area contributed by atoms with Gasteiger partial charge in [0.05, 0.1) is 12.2 Å². The Bertz CT molecular complexity index is 523. The summed E-state index contributed by atoms with van der Waals surface area (Å²) in [6.07, 6.45) is 1.58. The van der Waals surface area contributed by atoms with Gasteiger partial charge in [0.2, 0.25) is 0 Å². The van der Waals surface area contributed by atoms with Gasteiger partial charge in [-0.2, -0.15) is 0 Å². The van der Waals surface area contributed by atoms with Gasteiger partial charge in [-0.25, -0.2) is 9.48 Å². The Hall–Kier alpha value is -2.28. The smallest absolute Gasteiger partial charge is 0.358 e. The fraction of sp³-hybridized carbons (Fsp3) is 0.200. The minimum atomic E-state index is -1.13. The zero-order valence-electron chi connectivity index (χ0n) is 8.95. The molecule has 7 heteroatoms. The maximum Gasteiger partial charge on any atom is 0.358 e. The number of hydrogen-bond acceptors (Lipinski definition) is 5. The van der Waals surface area contributed by atoms with E-state index in [2.05, 4.69) is 15.3 Å². The second-order valence-electron chi connectivity index (χ2n) is 3.32. The van der Waals surface area contributed by atoms with Gasteiger partial charge in [-0.15, -0.1) is 5.10 Å². The van der Waals surface area contributed by atoms with Crippen LogP contribution in [-0.2, 0) is 6.54 Å². The number of carboxylic acids is 1. The predicted molar refractivity (Wildman–Crippen MR) is 59.3 cm³/mol. The van der Waals surface area contributed by atoms with E-state index in [0.29, 0.717) is 24.5 Å². The highest BCUT2D eigenvalue weighted by atomic mass is 16.4. The number of aromatic carboxylic acids is 1. The molecule has 2 aromatic rings. The Labute approximate surface area is 96.9 Å². The van der Waals surface area contributed by atoms with Crippen molar-refractivity contribution in [3.05, 3.63) is 30.1 Å². The third kappa shape index (κ3) is 2.13. The number of carboxylic acid groups (broad SMARTS) is 1. The molecule has 2 rings (SSSR count). The van der Waals surface area contributed by atoms with Crippen molar-refractivity contribution >= 4 is 5.97 Å². The number of nitrogens with zero attached hydrogens (tertiary/aromatic N) is 4. The molecule has 0 amide bonds. The number of aromatic nitrogens is 4. The standard InChI is InChI=1S/C10H11N5O2/c11-4-6-15-9(7-3-1-2-5-12-7)8(10(16)17)13-14-15/h1-3,5H,4,6,11H2,(H,16,17). The first kappa shape index (κ1) is 11.2. The van der Waals surface area contributed by atoms with Crippen LogP contribution >= 0.6 is 0 Å². The lowest BCUT2D eigenvalue weighted by Gasteiger charge is -2.04. The largest absolute Gasteiger partial charge is 0.476 e. The summed E-state index contributed by atoms with van der Waals surface area (Å²) in [5.41, 5.74) is 6.22. The normalized spacial score (nSPS) is 10.4. The molecule has 0 bridgehead atoms. The van der Waals surface area contributed by atoms with Crippen LogP contribution in [-0.4, -0.2) is 37.6 Å². The van der Waals surface area contributed by atoms with Gasteiger partial charge < -0.3 is 10.8 Å². The van der Waals surface area contributed by atoms with Crippen molar-refractivity contribution in [3.8, 4) is 11.4 Å². The molecular weight excluding hydrogens is 222 g/mol. The third-order valence-corrected chi connectivity index (χ3v) is 2.19. The molecule has 0 atom stereocenters. The molecule has 88 valence electrons. The van der Waals surface area contributed by atoms with Crippen LogP contribution in [0.15, 0.2) is 24.4 Å². The van der Waals surface area contributed by atoms with Crippen molar-refractivity contribution in [2.75, 3.05) is 6.54 Å². The fourth-order valence-electron chi connectivity index (χ4n) is 1.49.